The van der Waals surface area contributed by atoms with Crippen molar-refractivity contribution in [3.63, 3.8) is 0 Å². The van der Waals surface area contributed by atoms with Crippen molar-refractivity contribution in [2.45, 2.75) is 29.7 Å². The first kappa shape index (κ1) is 18.3. The van der Waals surface area contributed by atoms with E-state index in [1.807, 2.05) is 11.8 Å². The van der Waals surface area contributed by atoms with E-state index in [2.05, 4.69) is 24.6 Å². The number of likely N-dealkylation sites (N-methyl/N-ethyl adjacent to an activating group) is 1. The fourth-order valence-corrected chi connectivity index (χ4v) is 5.11. The summed E-state index contributed by atoms with van der Waals surface area (Å²) in [4.78, 5) is 26.8. The number of thiol groups is 1. The Morgan fingerprint density at radius 3 is 2.76 bits per heavy atom. The standard InChI is InChI=1S/C16H21N3O4S2/c1-17-6-7-25-15(17)14-8-13(24)9-18(14)16(20)23-10-11-2-4-12(5-3-11)19(21)22/h2-5,13-15,24H,6-10H2,1H3. The predicted molar refractivity (Wildman–Crippen MR) is 100 cm³/mol. The molecule has 3 atom stereocenters. The van der Waals surface area contributed by atoms with Crippen LogP contribution in [-0.4, -0.2) is 63.4 Å². The number of nitrogens with zero attached hydrogens (tertiary/aromatic N) is 3. The molecule has 2 heterocycles. The number of carbonyl (C=O) groups excluding carboxylic acids is 1. The SMILES string of the molecule is CN1CCSC1C1CC(S)CN1C(=O)OCc1ccc([N+](=O)[O-])cc1. The number of hydrogen-bond donors (Lipinski definition) is 1. The van der Waals surface area contributed by atoms with Crippen molar-refractivity contribution < 1.29 is 14.5 Å². The molecule has 2 saturated heterocycles. The Labute approximate surface area is 156 Å². The van der Waals surface area contributed by atoms with Gasteiger partial charge in [-0.3, -0.25) is 15.0 Å². The summed E-state index contributed by atoms with van der Waals surface area (Å²) in [6.07, 6.45) is 0.512. The molecule has 136 valence electrons. The van der Waals surface area contributed by atoms with E-state index in [4.69, 9.17) is 4.74 Å². The van der Waals surface area contributed by atoms with Gasteiger partial charge in [0.1, 0.15) is 6.61 Å². The molecule has 9 heteroatoms. The maximum absolute atomic E-state index is 12.5. The van der Waals surface area contributed by atoms with Crippen LogP contribution in [0, 0.1) is 10.1 Å². The molecule has 2 fully saturated rings. The summed E-state index contributed by atoms with van der Waals surface area (Å²) in [6.45, 7) is 1.71. The van der Waals surface area contributed by atoms with Gasteiger partial charge in [-0.25, -0.2) is 4.79 Å². The van der Waals surface area contributed by atoms with Crippen LogP contribution >= 0.6 is 24.4 Å². The fraction of sp³-hybridized carbons (Fsp3) is 0.562. The molecule has 3 unspecified atom stereocenters. The zero-order valence-electron chi connectivity index (χ0n) is 13.9. The molecule has 2 aliphatic rings. The number of non-ortho nitro benzene ring substituents is 1. The van der Waals surface area contributed by atoms with Crippen molar-refractivity contribution in [2.24, 2.45) is 0 Å². The Kier molecular flexibility index (Phi) is 5.75. The summed E-state index contributed by atoms with van der Waals surface area (Å²) in [5.41, 5.74) is 0.748. The molecule has 3 rings (SSSR count). The first-order valence-electron chi connectivity index (χ1n) is 8.12. The highest BCUT2D eigenvalue weighted by molar-refractivity contribution is 8.00. The zero-order valence-corrected chi connectivity index (χ0v) is 15.6. The molecule has 0 aromatic heterocycles. The minimum atomic E-state index is -0.451. The number of carbonyl (C=O) groups is 1. The van der Waals surface area contributed by atoms with Crippen LogP contribution in [0.1, 0.15) is 12.0 Å². The maximum Gasteiger partial charge on any atom is 0.410 e. The Morgan fingerprint density at radius 2 is 2.16 bits per heavy atom. The van der Waals surface area contributed by atoms with E-state index in [1.165, 1.54) is 12.1 Å². The molecule has 2 aliphatic heterocycles. The molecule has 1 aromatic rings. The Hall–Kier alpha value is -1.45. The number of nitro groups is 1. The van der Waals surface area contributed by atoms with Gasteiger partial charge in [-0.15, -0.1) is 11.8 Å². The van der Waals surface area contributed by atoms with E-state index in [9.17, 15) is 14.9 Å². The number of hydrogen-bond acceptors (Lipinski definition) is 7. The summed E-state index contributed by atoms with van der Waals surface area (Å²) in [6, 6.07) is 6.14. The molecular weight excluding hydrogens is 362 g/mol. The van der Waals surface area contributed by atoms with Crippen LogP contribution in [0.3, 0.4) is 0 Å². The number of ether oxygens (including phenoxy) is 1. The number of rotatable bonds is 4. The summed E-state index contributed by atoms with van der Waals surface area (Å²) >= 11 is 6.42. The van der Waals surface area contributed by atoms with Gasteiger partial charge in [0, 0.05) is 36.2 Å². The predicted octanol–water partition coefficient (Wildman–Crippen LogP) is 2.61. The van der Waals surface area contributed by atoms with Crippen LogP contribution in [0.4, 0.5) is 10.5 Å². The molecule has 0 bridgehead atoms. The minimum absolute atomic E-state index is 0.0221. The molecule has 0 aliphatic carbocycles. The fourth-order valence-electron chi connectivity index (χ4n) is 3.24. The molecule has 25 heavy (non-hydrogen) atoms. The van der Waals surface area contributed by atoms with Crippen molar-refractivity contribution in [3.05, 3.63) is 39.9 Å². The maximum atomic E-state index is 12.5. The Morgan fingerprint density at radius 1 is 1.44 bits per heavy atom. The number of thioether (sulfide) groups is 1. The van der Waals surface area contributed by atoms with Crippen LogP contribution in [0.15, 0.2) is 24.3 Å². The number of nitro benzene ring substituents is 1. The normalized spacial score (nSPS) is 26.8. The highest BCUT2D eigenvalue weighted by Gasteiger charge is 2.42. The van der Waals surface area contributed by atoms with Crippen LogP contribution in [0.2, 0.25) is 0 Å². The average molecular weight is 383 g/mol. The lowest BCUT2D eigenvalue weighted by atomic mass is 10.2. The first-order valence-corrected chi connectivity index (χ1v) is 9.69. The van der Waals surface area contributed by atoms with E-state index in [0.29, 0.717) is 6.54 Å². The molecular formula is C16H21N3O4S2. The minimum Gasteiger partial charge on any atom is -0.445 e. The summed E-state index contributed by atoms with van der Waals surface area (Å²) < 4.78 is 5.44. The van der Waals surface area contributed by atoms with Crippen LogP contribution in [0.25, 0.3) is 0 Å². The summed E-state index contributed by atoms with van der Waals surface area (Å²) in [7, 11) is 2.08. The van der Waals surface area contributed by atoms with Gasteiger partial charge in [0.05, 0.1) is 16.3 Å². The van der Waals surface area contributed by atoms with Crippen molar-refractivity contribution >= 4 is 36.2 Å². The molecule has 0 spiro atoms. The van der Waals surface area contributed by atoms with Crippen LogP contribution < -0.4 is 0 Å². The van der Waals surface area contributed by atoms with Crippen molar-refractivity contribution in [3.8, 4) is 0 Å². The van der Waals surface area contributed by atoms with E-state index >= 15 is 0 Å². The molecule has 1 amide bonds. The van der Waals surface area contributed by atoms with Crippen LogP contribution in [0.5, 0.6) is 0 Å². The van der Waals surface area contributed by atoms with Crippen molar-refractivity contribution in [1.82, 2.24) is 9.80 Å². The van der Waals surface area contributed by atoms with Gasteiger partial charge < -0.3 is 9.64 Å². The second-order valence-corrected chi connectivity index (χ2v) is 8.28. The lowest BCUT2D eigenvalue weighted by Crippen LogP contribution is -2.46. The van der Waals surface area contributed by atoms with E-state index in [-0.39, 0.29) is 35.1 Å². The zero-order chi connectivity index (χ0) is 18.0. The molecule has 0 radical (unpaired) electrons. The van der Waals surface area contributed by atoms with Gasteiger partial charge in [-0.2, -0.15) is 12.6 Å². The first-order chi connectivity index (χ1) is 12.0. The number of amides is 1. The molecule has 0 N–H and O–H groups in total. The third kappa shape index (κ3) is 4.21. The monoisotopic (exact) mass is 383 g/mol. The quantitative estimate of drug-likeness (QED) is 0.489. The van der Waals surface area contributed by atoms with Crippen LogP contribution in [-0.2, 0) is 11.3 Å². The van der Waals surface area contributed by atoms with Gasteiger partial charge in [0.2, 0.25) is 0 Å². The van der Waals surface area contributed by atoms with Gasteiger partial charge >= 0.3 is 6.09 Å². The third-order valence-corrected chi connectivity index (χ3v) is 6.37. The van der Waals surface area contributed by atoms with Gasteiger partial charge in [0.15, 0.2) is 0 Å². The van der Waals surface area contributed by atoms with Gasteiger partial charge in [0.25, 0.3) is 5.69 Å². The molecule has 7 nitrogen and oxygen atoms in total. The second-order valence-electron chi connectivity index (χ2n) is 6.33. The van der Waals surface area contributed by atoms with E-state index < -0.39 is 4.92 Å². The highest BCUT2D eigenvalue weighted by atomic mass is 32.2. The van der Waals surface area contributed by atoms with E-state index in [0.717, 1.165) is 24.3 Å². The van der Waals surface area contributed by atoms with Gasteiger partial charge in [-0.1, -0.05) is 0 Å². The highest BCUT2D eigenvalue weighted by Crippen LogP contribution is 2.35. The Bertz CT molecular complexity index is 643. The topological polar surface area (TPSA) is 75.9 Å². The number of likely N-dealkylation sites (tertiary alicyclic amines) is 1. The molecule has 0 saturated carbocycles. The summed E-state index contributed by atoms with van der Waals surface area (Å²) in [5, 5.41) is 11.1. The van der Waals surface area contributed by atoms with Gasteiger partial charge in [-0.05, 0) is 31.2 Å². The second kappa shape index (κ2) is 7.84. The van der Waals surface area contributed by atoms with Crippen molar-refractivity contribution in [1.29, 1.82) is 0 Å². The largest absolute Gasteiger partial charge is 0.445 e. The third-order valence-electron chi connectivity index (χ3n) is 4.56. The Balaban J connectivity index is 1.60. The molecule has 1 aromatic carbocycles. The number of benzene rings is 1. The average Bonchev–Trinajstić information content (AvgIpc) is 3.18. The lowest BCUT2D eigenvalue weighted by molar-refractivity contribution is -0.384. The smallest absolute Gasteiger partial charge is 0.410 e. The van der Waals surface area contributed by atoms with Crippen molar-refractivity contribution in [2.75, 3.05) is 25.9 Å². The summed E-state index contributed by atoms with van der Waals surface area (Å²) in [5.74, 6) is 1.07. The van der Waals surface area contributed by atoms with E-state index in [1.54, 1.807) is 17.0 Å². The lowest BCUT2D eigenvalue weighted by Gasteiger charge is -2.31.